The predicted molar refractivity (Wildman–Crippen MR) is 222 cm³/mol. The van der Waals surface area contributed by atoms with Crippen molar-refractivity contribution in [3.63, 3.8) is 0 Å². The van der Waals surface area contributed by atoms with Crippen LogP contribution < -0.4 is 73.5 Å². The topological polar surface area (TPSA) is 0 Å². The number of hydrogen-bond donors (Lipinski definition) is 0. The zero-order valence-electron chi connectivity index (χ0n) is 34.6. The Morgan fingerprint density at radius 1 is 0.380 bits per heavy atom. The van der Waals surface area contributed by atoms with E-state index in [1.165, 1.54) is 55.6 Å². The van der Waals surface area contributed by atoms with Crippen LogP contribution in [0.25, 0.3) is 0 Å². The Labute approximate surface area is 345 Å². The molecule has 0 aliphatic carbocycles. The van der Waals surface area contributed by atoms with Crippen LogP contribution in [0.1, 0.15) is 55.6 Å². The summed E-state index contributed by atoms with van der Waals surface area (Å²) < 4.78 is 0. The number of benzene rings is 3. The number of aryl methyl sites for hydroxylation is 6. The summed E-state index contributed by atoms with van der Waals surface area (Å²) in [7, 11) is -7.41. The van der Waals surface area contributed by atoms with Crippen LogP contribution in [0.4, 0.5) is 0 Å². The average Bonchev–Trinajstić information content (AvgIpc) is 3.10. The van der Waals surface area contributed by atoms with Crippen LogP contribution in [0.2, 0.25) is 58.9 Å². The molecule has 0 aliphatic rings. The third-order valence-corrected chi connectivity index (χ3v) is 23.2. The summed E-state index contributed by atoms with van der Waals surface area (Å²) in [6, 6.07) is 15.9. The smallest absolute Gasteiger partial charge is 1.00 e. The SMILES string of the molecule is Cc1cc([Si](c2cc(C)c([Si](C)(C)C)cc2C)(c2cc(C)c([Si](C)(C)C)cc2C)c2c(C)c(C)c(C)[c-]2C)c(C)cc1[Si](C)(C)C.[Cl-].[Cl-].[Cl-].[Ti+4]. The fourth-order valence-corrected chi connectivity index (χ4v) is 20.9. The van der Waals surface area contributed by atoms with E-state index in [9.17, 15) is 0 Å². The van der Waals surface area contributed by atoms with Crippen LogP contribution >= 0.6 is 0 Å². The van der Waals surface area contributed by atoms with Gasteiger partial charge in [-0.05, 0) is 57.1 Å². The molecule has 272 valence electrons. The molecule has 8 heteroatoms. The fraction of sp³-hybridized carbons (Fsp3) is 0.452. The summed E-state index contributed by atoms with van der Waals surface area (Å²) in [5.74, 6) is 0. The number of rotatable bonds is 7. The molecule has 0 amide bonds. The van der Waals surface area contributed by atoms with Crippen molar-refractivity contribution in [1.29, 1.82) is 0 Å². The van der Waals surface area contributed by atoms with Crippen molar-refractivity contribution < 1.29 is 58.9 Å². The molecule has 0 atom stereocenters. The monoisotopic (exact) mass is 832 g/mol. The molecule has 4 aromatic rings. The van der Waals surface area contributed by atoms with Crippen LogP contribution in [-0.4, -0.2) is 32.3 Å². The van der Waals surface area contributed by atoms with E-state index >= 15 is 0 Å². The number of hydrogen-bond acceptors (Lipinski definition) is 0. The quantitative estimate of drug-likeness (QED) is 0.121. The molecule has 0 aliphatic heterocycles. The Morgan fingerprint density at radius 2 is 0.600 bits per heavy atom. The van der Waals surface area contributed by atoms with E-state index in [0.29, 0.717) is 0 Å². The van der Waals surface area contributed by atoms with Crippen LogP contribution in [0.15, 0.2) is 36.4 Å². The van der Waals surface area contributed by atoms with E-state index in [-0.39, 0.29) is 58.9 Å². The van der Waals surface area contributed by atoms with Crippen molar-refractivity contribution in [2.24, 2.45) is 0 Å². The molecule has 4 aromatic carbocycles. The van der Waals surface area contributed by atoms with Gasteiger partial charge in [-0.1, -0.05) is 172 Å². The Bertz CT molecular complexity index is 1660. The van der Waals surface area contributed by atoms with Crippen molar-refractivity contribution in [2.45, 2.75) is 128 Å². The normalized spacial score (nSPS) is 12.1. The molecule has 0 spiro atoms. The summed E-state index contributed by atoms with van der Waals surface area (Å²) >= 11 is 0. The van der Waals surface area contributed by atoms with Gasteiger partial charge in [-0.2, -0.15) is 27.4 Å². The van der Waals surface area contributed by atoms with Gasteiger partial charge in [0.05, 0.1) is 24.2 Å². The first-order valence-electron chi connectivity index (χ1n) is 17.5. The second-order valence-electron chi connectivity index (χ2n) is 17.8. The van der Waals surface area contributed by atoms with E-state index in [1.54, 1.807) is 36.3 Å². The van der Waals surface area contributed by atoms with Gasteiger partial charge < -0.3 is 37.2 Å². The minimum Gasteiger partial charge on any atom is -1.00 e. The van der Waals surface area contributed by atoms with Crippen LogP contribution in [-0.2, 0) is 21.7 Å². The summed E-state index contributed by atoms with van der Waals surface area (Å²) in [6.45, 7) is 46.6. The molecule has 0 fully saturated rings. The zero-order chi connectivity index (χ0) is 35.1. The molecule has 4 rings (SSSR count). The van der Waals surface area contributed by atoms with Crippen LogP contribution in [0, 0.1) is 69.2 Å². The second kappa shape index (κ2) is 16.9. The molecule has 0 saturated heterocycles. The van der Waals surface area contributed by atoms with Crippen LogP contribution in [0.3, 0.4) is 0 Å². The maximum absolute atomic E-state index is 2.83. The Morgan fingerprint density at radius 3 is 0.800 bits per heavy atom. The minimum absolute atomic E-state index is 0. The Kier molecular flexibility index (Phi) is 16.7. The first-order valence-corrected chi connectivity index (χ1v) is 30.0. The summed E-state index contributed by atoms with van der Waals surface area (Å²) in [6.07, 6.45) is 0. The third-order valence-electron chi connectivity index (χ3n) is 11.2. The standard InChI is InChI=1S/C42H63Si4.3ClH.Ti/c1-26-23-39(29(4)20-36(26)43(11,12)13)46(42-34(9)32(7)33(8)35(42)10,40-24-27(2)37(21-30(40)5)44(14,15)16)41-25-28(3)38(22-31(41)6)45(17,18)19;;;;/h20-25H,1-19H3;3*1H;/q-1;;;;+4/p-3. The summed E-state index contributed by atoms with van der Waals surface area (Å²) in [4.78, 5) is 0. The predicted octanol–water partition coefficient (Wildman–Crippen LogP) is -1.49. The van der Waals surface area contributed by atoms with Gasteiger partial charge in [0.2, 0.25) is 0 Å². The molecule has 0 heterocycles. The molecule has 0 saturated carbocycles. The van der Waals surface area contributed by atoms with Crippen LogP contribution in [0.5, 0.6) is 0 Å². The molecule has 0 aromatic heterocycles. The molecular weight excluding hydrogens is 771 g/mol. The van der Waals surface area contributed by atoms with E-state index < -0.39 is 32.3 Å². The van der Waals surface area contributed by atoms with E-state index in [1.807, 2.05) is 0 Å². The molecule has 0 radical (unpaired) electrons. The Hall–Kier alpha value is -0.538. The summed E-state index contributed by atoms with van der Waals surface area (Å²) in [5.41, 5.74) is 14.8. The molecule has 50 heavy (non-hydrogen) atoms. The molecule has 0 N–H and O–H groups in total. The Balaban J connectivity index is 0.00000600. The minimum atomic E-state index is -2.83. The number of halogens is 3. The fourth-order valence-electron chi connectivity index (χ4n) is 8.71. The molecule has 0 unspecified atom stereocenters. The van der Waals surface area contributed by atoms with Gasteiger partial charge in [0, 0.05) is 0 Å². The molecule has 0 nitrogen and oxygen atoms in total. The van der Waals surface area contributed by atoms with Gasteiger partial charge in [-0.3, -0.25) is 0 Å². The van der Waals surface area contributed by atoms with Gasteiger partial charge in [0.25, 0.3) is 0 Å². The maximum Gasteiger partial charge on any atom is 4.00 e. The van der Waals surface area contributed by atoms with Gasteiger partial charge in [0.1, 0.15) is 0 Å². The second-order valence-corrected chi connectivity index (χ2v) is 36.6. The van der Waals surface area contributed by atoms with Crippen molar-refractivity contribution in [1.82, 2.24) is 0 Å². The zero-order valence-corrected chi connectivity index (χ0v) is 42.4. The van der Waals surface area contributed by atoms with E-state index in [2.05, 4.69) is 165 Å². The largest absolute Gasteiger partial charge is 4.00 e. The van der Waals surface area contributed by atoms with Crippen molar-refractivity contribution >= 4 is 68.6 Å². The van der Waals surface area contributed by atoms with Crippen molar-refractivity contribution in [2.75, 3.05) is 0 Å². The molecule has 0 bridgehead atoms. The van der Waals surface area contributed by atoms with Crippen molar-refractivity contribution in [3.8, 4) is 0 Å². The van der Waals surface area contributed by atoms with Gasteiger partial charge in [-0.25, -0.2) is 0 Å². The van der Waals surface area contributed by atoms with E-state index in [0.717, 1.165) is 0 Å². The first-order chi connectivity index (χ1) is 20.9. The molecular formula is C42H63Cl3Si4Ti. The third kappa shape index (κ3) is 8.55. The summed E-state index contributed by atoms with van der Waals surface area (Å²) in [5, 5.41) is 11.2. The average molecular weight is 835 g/mol. The van der Waals surface area contributed by atoms with Crippen molar-refractivity contribution in [3.05, 3.63) is 92.0 Å². The van der Waals surface area contributed by atoms with E-state index in [4.69, 9.17) is 0 Å². The maximum atomic E-state index is 2.67. The van der Waals surface area contributed by atoms with Gasteiger partial charge in [-0.15, -0.1) is 0 Å². The first kappa shape index (κ1) is 49.5. The van der Waals surface area contributed by atoms with Gasteiger partial charge >= 0.3 is 21.7 Å². The van der Waals surface area contributed by atoms with Gasteiger partial charge in [0.15, 0.2) is 8.07 Å².